The van der Waals surface area contributed by atoms with Crippen molar-refractivity contribution in [2.75, 3.05) is 11.9 Å². The van der Waals surface area contributed by atoms with E-state index in [0.717, 1.165) is 25.7 Å². The van der Waals surface area contributed by atoms with Gasteiger partial charge in [0, 0.05) is 6.54 Å². The summed E-state index contributed by atoms with van der Waals surface area (Å²) in [7, 11) is 0. The van der Waals surface area contributed by atoms with E-state index in [1.807, 2.05) is 0 Å². The maximum Gasteiger partial charge on any atom is 0.306 e. The first-order valence-electron chi connectivity index (χ1n) is 6.12. The zero-order chi connectivity index (χ0) is 13.0. The van der Waals surface area contributed by atoms with E-state index in [1.54, 1.807) is 12.1 Å². The number of aromatic nitrogens is 2. The summed E-state index contributed by atoms with van der Waals surface area (Å²) in [5, 5.41) is 20.3. The van der Waals surface area contributed by atoms with Crippen LogP contribution in [0.2, 0.25) is 5.15 Å². The standard InChI is InChI=1S/C12H16ClN3O2/c13-10-5-6-11(16-15-10)14-7-8-3-1-2-4-9(8)12(17)18/h5-6,8-9H,1-4,7H2,(H,14,16)(H,17,18). The van der Waals surface area contributed by atoms with E-state index >= 15 is 0 Å². The van der Waals surface area contributed by atoms with Crippen LogP contribution in [0.4, 0.5) is 5.82 Å². The highest BCUT2D eigenvalue weighted by molar-refractivity contribution is 6.29. The Morgan fingerprint density at radius 2 is 2.17 bits per heavy atom. The molecule has 0 aromatic carbocycles. The zero-order valence-corrected chi connectivity index (χ0v) is 10.7. The third kappa shape index (κ3) is 3.32. The van der Waals surface area contributed by atoms with Crippen LogP contribution in [0.5, 0.6) is 0 Å². The summed E-state index contributed by atoms with van der Waals surface area (Å²) in [5.74, 6) is -0.141. The maximum absolute atomic E-state index is 11.1. The third-order valence-electron chi connectivity index (χ3n) is 3.40. The molecule has 0 amide bonds. The molecule has 1 fully saturated rings. The minimum Gasteiger partial charge on any atom is -0.481 e. The van der Waals surface area contributed by atoms with Crippen LogP contribution in [0, 0.1) is 11.8 Å². The fourth-order valence-electron chi connectivity index (χ4n) is 2.42. The molecule has 1 aliphatic carbocycles. The normalized spacial score (nSPS) is 23.6. The number of carboxylic acid groups (broad SMARTS) is 1. The Balaban J connectivity index is 1.91. The maximum atomic E-state index is 11.1. The average Bonchev–Trinajstić information content (AvgIpc) is 2.38. The van der Waals surface area contributed by atoms with Crippen molar-refractivity contribution in [2.24, 2.45) is 11.8 Å². The van der Waals surface area contributed by atoms with Crippen LogP contribution in [0.3, 0.4) is 0 Å². The number of hydrogen-bond donors (Lipinski definition) is 2. The molecule has 0 saturated heterocycles. The largest absolute Gasteiger partial charge is 0.481 e. The molecule has 0 aliphatic heterocycles. The molecule has 5 nitrogen and oxygen atoms in total. The second kappa shape index (κ2) is 6.00. The lowest BCUT2D eigenvalue weighted by Gasteiger charge is -2.28. The van der Waals surface area contributed by atoms with E-state index < -0.39 is 5.97 Å². The number of rotatable bonds is 4. The molecule has 2 N–H and O–H groups in total. The van der Waals surface area contributed by atoms with Crippen molar-refractivity contribution >= 4 is 23.4 Å². The van der Waals surface area contributed by atoms with Gasteiger partial charge in [-0.2, -0.15) is 0 Å². The van der Waals surface area contributed by atoms with Gasteiger partial charge in [0.1, 0.15) is 5.82 Å². The molecule has 1 saturated carbocycles. The Labute approximate surface area is 111 Å². The van der Waals surface area contributed by atoms with Gasteiger partial charge in [0.05, 0.1) is 5.92 Å². The van der Waals surface area contributed by atoms with Crippen LogP contribution in [-0.2, 0) is 4.79 Å². The molecule has 98 valence electrons. The Bertz CT molecular complexity index is 410. The van der Waals surface area contributed by atoms with E-state index in [1.165, 1.54) is 0 Å². The molecule has 1 aromatic rings. The van der Waals surface area contributed by atoms with E-state index in [-0.39, 0.29) is 11.8 Å². The molecule has 1 aliphatic rings. The lowest BCUT2D eigenvalue weighted by molar-refractivity contribution is -0.144. The molecule has 1 heterocycles. The minimum absolute atomic E-state index is 0.161. The van der Waals surface area contributed by atoms with Crippen LogP contribution in [-0.4, -0.2) is 27.8 Å². The van der Waals surface area contributed by atoms with Gasteiger partial charge in [-0.1, -0.05) is 24.4 Å². The zero-order valence-electron chi connectivity index (χ0n) is 9.97. The van der Waals surface area contributed by atoms with E-state index in [0.29, 0.717) is 17.5 Å². The van der Waals surface area contributed by atoms with Crippen molar-refractivity contribution < 1.29 is 9.90 Å². The Kier molecular flexibility index (Phi) is 4.36. The van der Waals surface area contributed by atoms with Gasteiger partial charge < -0.3 is 10.4 Å². The summed E-state index contributed by atoms with van der Waals surface area (Å²) in [6, 6.07) is 3.40. The Morgan fingerprint density at radius 3 is 2.83 bits per heavy atom. The smallest absolute Gasteiger partial charge is 0.306 e. The molecule has 2 unspecified atom stereocenters. The summed E-state index contributed by atoms with van der Waals surface area (Å²) in [4.78, 5) is 11.1. The van der Waals surface area contributed by atoms with Gasteiger partial charge in [-0.15, -0.1) is 10.2 Å². The molecule has 18 heavy (non-hydrogen) atoms. The molecule has 1 aromatic heterocycles. The van der Waals surface area contributed by atoms with Crippen LogP contribution >= 0.6 is 11.6 Å². The lowest BCUT2D eigenvalue weighted by Crippen LogP contribution is -2.31. The number of nitrogens with one attached hydrogen (secondary N) is 1. The fourth-order valence-corrected chi connectivity index (χ4v) is 2.52. The van der Waals surface area contributed by atoms with Gasteiger partial charge in [0.15, 0.2) is 5.15 Å². The number of halogens is 1. The first kappa shape index (κ1) is 13.1. The van der Waals surface area contributed by atoms with Crippen LogP contribution < -0.4 is 5.32 Å². The minimum atomic E-state index is -0.691. The van der Waals surface area contributed by atoms with Crippen LogP contribution in [0.1, 0.15) is 25.7 Å². The molecular weight excluding hydrogens is 254 g/mol. The van der Waals surface area contributed by atoms with Gasteiger partial charge in [-0.05, 0) is 30.9 Å². The number of carboxylic acids is 1. The second-order valence-corrected chi connectivity index (χ2v) is 5.00. The SMILES string of the molecule is O=C(O)C1CCCCC1CNc1ccc(Cl)nn1. The summed E-state index contributed by atoms with van der Waals surface area (Å²) < 4.78 is 0. The van der Waals surface area contributed by atoms with Crippen molar-refractivity contribution in [1.82, 2.24) is 10.2 Å². The fraction of sp³-hybridized carbons (Fsp3) is 0.583. The highest BCUT2D eigenvalue weighted by Gasteiger charge is 2.30. The predicted octanol–water partition coefficient (Wildman–Crippen LogP) is 2.43. The first-order valence-corrected chi connectivity index (χ1v) is 6.50. The summed E-state index contributed by atoms with van der Waals surface area (Å²) in [6.07, 6.45) is 3.83. The van der Waals surface area contributed by atoms with Crippen molar-refractivity contribution in [3.8, 4) is 0 Å². The van der Waals surface area contributed by atoms with Gasteiger partial charge in [0.2, 0.25) is 0 Å². The Morgan fingerprint density at radius 1 is 1.39 bits per heavy atom. The number of anilines is 1. The molecular formula is C12H16ClN3O2. The molecule has 0 bridgehead atoms. The lowest BCUT2D eigenvalue weighted by atomic mass is 9.79. The van der Waals surface area contributed by atoms with Gasteiger partial charge in [0.25, 0.3) is 0 Å². The monoisotopic (exact) mass is 269 g/mol. The van der Waals surface area contributed by atoms with Crippen LogP contribution in [0.25, 0.3) is 0 Å². The topological polar surface area (TPSA) is 75.1 Å². The number of nitrogens with zero attached hydrogens (tertiary/aromatic N) is 2. The predicted molar refractivity (Wildman–Crippen MR) is 68.6 cm³/mol. The van der Waals surface area contributed by atoms with Gasteiger partial charge in [-0.25, -0.2) is 0 Å². The average molecular weight is 270 g/mol. The summed E-state index contributed by atoms with van der Waals surface area (Å²) in [5.41, 5.74) is 0. The Hall–Kier alpha value is -1.36. The highest BCUT2D eigenvalue weighted by atomic mass is 35.5. The van der Waals surface area contributed by atoms with E-state index in [9.17, 15) is 4.79 Å². The van der Waals surface area contributed by atoms with Crippen molar-refractivity contribution in [1.29, 1.82) is 0 Å². The van der Waals surface area contributed by atoms with Gasteiger partial charge >= 0.3 is 5.97 Å². The summed E-state index contributed by atoms with van der Waals surface area (Å²) in [6.45, 7) is 0.618. The molecule has 0 radical (unpaired) electrons. The number of carbonyl (C=O) groups is 1. The van der Waals surface area contributed by atoms with Crippen LogP contribution in [0.15, 0.2) is 12.1 Å². The van der Waals surface area contributed by atoms with E-state index in [2.05, 4.69) is 15.5 Å². The summed E-state index contributed by atoms with van der Waals surface area (Å²) >= 11 is 5.65. The molecule has 6 heteroatoms. The number of aliphatic carboxylic acids is 1. The highest BCUT2D eigenvalue weighted by Crippen LogP contribution is 2.30. The van der Waals surface area contributed by atoms with Gasteiger partial charge in [-0.3, -0.25) is 4.79 Å². The van der Waals surface area contributed by atoms with Crippen molar-refractivity contribution in [3.63, 3.8) is 0 Å². The molecule has 0 spiro atoms. The first-order chi connectivity index (χ1) is 8.66. The van der Waals surface area contributed by atoms with E-state index in [4.69, 9.17) is 16.7 Å². The van der Waals surface area contributed by atoms with Crippen molar-refractivity contribution in [3.05, 3.63) is 17.3 Å². The second-order valence-electron chi connectivity index (χ2n) is 4.61. The molecule has 2 rings (SSSR count). The number of hydrogen-bond acceptors (Lipinski definition) is 4. The molecule has 2 atom stereocenters. The quantitative estimate of drug-likeness (QED) is 0.878. The third-order valence-corrected chi connectivity index (χ3v) is 3.61. The van der Waals surface area contributed by atoms with Crippen molar-refractivity contribution in [2.45, 2.75) is 25.7 Å².